The second-order valence-corrected chi connectivity index (χ2v) is 5.00. The second kappa shape index (κ2) is 5.89. The van der Waals surface area contributed by atoms with E-state index < -0.39 is 0 Å². The second-order valence-electron chi connectivity index (χ2n) is 5.00. The zero-order chi connectivity index (χ0) is 12.1. The summed E-state index contributed by atoms with van der Waals surface area (Å²) in [6.07, 6.45) is 8.52. The van der Waals surface area contributed by atoms with Crippen molar-refractivity contribution in [2.45, 2.75) is 58.1 Å². The Morgan fingerprint density at radius 3 is 2.76 bits per heavy atom. The molecule has 1 N–H and O–H groups in total. The van der Waals surface area contributed by atoms with Crippen LogP contribution in [0.4, 0.5) is 5.82 Å². The third kappa shape index (κ3) is 3.62. The average Bonchev–Trinajstić information content (AvgIpc) is 2.32. The lowest BCUT2D eigenvalue weighted by molar-refractivity contribution is 0.242. The van der Waals surface area contributed by atoms with Crippen LogP contribution in [0.1, 0.15) is 46.0 Å². The number of anilines is 1. The number of ether oxygens (including phenoxy) is 1. The van der Waals surface area contributed by atoms with Crippen molar-refractivity contribution in [3.63, 3.8) is 0 Å². The Morgan fingerprint density at radius 2 is 2.06 bits per heavy atom. The van der Waals surface area contributed by atoms with Gasteiger partial charge in [0.15, 0.2) is 11.6 Å². The van der Waals surface area contributed by atoms with Crippen LogP contribution in [0.2, 0.25) is 0 Å². The van der Waals surface area contributed by atoms with E-state index in [1.165, 1.54) is 32.1 Å². The van der Waals surface area contributed by atoms with Crippen molar-refractivity contribution < 1.29 is 4.74 Å². The highest BCUT2D eigenvalue weighted by atomic mass is 16.5. The fourth-order valence-corrected chi connectivity index (χ4v) is 2.29. The quantitative estimate of drug-likeness (QED) is 0.864. The summed E-state index contributed by atoms with van der Waals surface area (Å²) < 4.78 is 5.76. The van der Waals surface area contributed by atoms with Gasteiger partial charge in [0.05, 0.1) is 6.10 Å². The first kappa shape index (κ1) is 12.2. The average molecular weight is 234 g/mol. The Kier molecular flexibility index (Phi) is 4.24. The van der Waals surface area contributed by atoms with Gasteiger partial charge in [0.2, 0.25) is 0 Å². The van der Waals surface area contributed by atoms with Crippen LogP contribution < -0.4 is 10.1 Å². The lowest BCUT2D eigenvalue weighted by Gasteiger charge is -2.24. The van der Waals surface area contributed by atoms with E-state index in [-0.39, 0.29) is 6.10 Å². The Hall–Kier alpha value is -1.25. The van der Waals surface area contributed by atoms with E-state index in [0.29, 0.717) is 6.04 Å². The molecule has 0 unspecified atom stereocenters. The van der Waals surface area contributed by atoms with Gasteiger partial charge in [0.25, 0.3) is 0 Å². The number of nitrogens with zero attached hydrogens (tertiary/aromatic N) is 1. The summed E-state index contributed by atoms with van der Waals surface area (Å²) in [6, 6.07) is 4.47. The normalized spacial score (nSPS) is 17.1. The summed E-state index contributed by atoms with van der Waals surface area (Å²) in [6.45, 7) is 4.08. The Morgan fingerprint density at radius 1 is 1.29 bits per heavy atom. The Bertz CT molecular complexity index is 346. The van der Waals surface area contributed by atoms with Crippen LogP contribution in [0.5, 0.6) is 5.75 Å². The molecule has 0 saturated heterocycles. The van der Waals surface area contributed by atoms with Gasteiger partial charge in [-0.3, -0.25) is 0 Å². The molecule has 94 valence electrons. The number of aromatic nitrogens is 1. The van der Waals surface area contributed by atoms with Crippen LogP contribution in [0.25, 0.3) is 0 Å². The third-order valence-corrected chi connectivity index (χ3v) is 3.08. The van der Waals surface area contributed by atoms with Gasteiger partial charge in [-0.15, -0.1) is 0 Å². The highest BCUT2D eigenvalue weighted by molar-refractivity contribution is 5.50. The summed E-state index contributed by atoms with van der Waals surface area (Å²) in [7, 11) is 0. The number of rotatable bonds is 4. The molecule has 1 fully saturated rings. The van der Waals surface area contributed by atoms with E-state index in [1.807, 2.05) is 32.2 Å². The number of hydrogen-bond acceptors (Lipinski definition) is 3. The molecule has 2 rings (SSSR count). The van der Waals surface area contributed by atoms with E-state index in [9.17, 15) is 0 Å². The lowest BCUT2D eigenvalue weighted by atomic mass is 9.95. The monoisotopic (exact) mass is 234 g/mol. The molecule has 1 saturated carbocycles. The zero-order valence-corrected chi connectivity index (χ0v) is 10.8. The molecule has 0 aromatic carbocycles. The summed E-state index contributed by atoms with van der Waals surface area (Å²) in [5.41, 5.74) is 0. The fourth-order valence-electron chi connectivity index (χ4n) is 2.29. The molecule has 0 spiro atoms. The van der Waals surface area contributed by atoms with E-state index in [4.69, 9.17) is 4.74 Å². The van der Waals surface area contributed by atoms with Crippen LogP contribution in [0, 0.1) is 0 Å². The summed E-state index contributed by atoms with van der Waals surface area (Å²) in [4.78, 5) is 4.39. The smallest absolute Gasteiger partial charge is 0.168 e. The molecular formula is C14H22N2O. The SMILES string of the molecule is CC(C)Oc1cccnc1NC1CCCCC1. The molecule has 17 heavy (non-hydrogen) atoms. The molecule has 3 nitrogen and oxygen atoms in total. The Labute approximate surface area is 104 Å². The summed E-state index contributed by atoms with van der Waals surface area (Å²) in [5, 5.41) is 3.52. The molecule has 0 aliphatic heterocycles. The summed E-state index contributed by atoms with van der Waals surface area (Å²) in [5.74, 6) is 1.76. The van der Waals surface area contributed by atoms with Gasteiger partial charge in [0, 0.05) is 12.2 Å². The van der Waals surface area contributed by atoms with Crippen molar-refractivity contribution in [1.82, 2.24) is 4.98 Å². The molecule has 1 aliphatic carbocycles. The summed E-state index contributed by atoms with van der Waals surface area (Å²) >= 11 is 0. The first-order chi connectivity index (χ1) is 8.25. The van der Waals surface area contributed by atoms with Crippen LogP contribution in [0.15, 0.2) is 18.3 Å². The first-order valence-electron chi connectivity index (χ1n) is 6.64. The van der Waals surface area contributed by atoms with E-state index in [1.54, 1.807) is 0 Å². The van der Waals surface area contributed by atoms with Gasteiger partial charge in [-0.2, -0.15) is 0 Å². The van der Waals surface area contributed by atoms with Gasteiger partial charge in [-0.05, 0) is 38.8 Å². The maximum atomic E-state index is 5.76. The van der Waals surface area contributed by atoms with Gasteiger partial charge < -0.3 is 10.1 Å². The minimum Gasteiger partial charge on any atom is -0.487 e. The van der Waals surface area contributed by atoms with E-state index >= 15 is 0 Å². The van der Waals surface area contributed by atoms with Crippen molar-refractivity contribution in [1.29, 1.82) is 0 Å². The number of hydrogen-bond donors (Lipinski definition) is 1. The number of nitrogens with one attached hydrogen (secondary N) is 1. The van der Waals surface area contributed by atoms with Gasteiger partial charge >= 0.3 is 0 Å². The van der Waals surface area contributed by atoms with Crippen LogP contribution >= 0.6 is 0 Å². The molecule has 1 heterocycles. The molecular weight excluding hydrogens is 212 g/mol. The van der Waals surface area contributed by atoms with Gasteiger partial charge in [-0.1, -0.05) is 19.3 Å². The third-order valence-electron chi connectivity index (χ3n) is 3.08. The first-order valence-corrected chi connectivity index (χ1v) is 6.64. The lowest BCUT2D eigenvalue weighted by Crippen LogP contribution is -2.23. The standard InChI is InChI=1S/C14H22N2O/c1-11(2)17-13-9-6-10-15-14(13)16-12-7-4-3-5-8-12/h6,9-12H,3-5,7-8H2,1-2H3,(H,15,16). The van der Waals surface area contributed by atoms with E-state index in [2.05, 4.69) is 10.3 Å². The maximum Gasteiger partial charge on any atom is 0.168 e. The molecule has 1 aliphatic rings. The number of pyridine rings is 1. The van der Waals surface area contributed by atoms with Gasteiger partial charge in [-0.25, -0.2) is 4.98 Å². The predicted molar refractivity (Wildman–Crippen MR) is 70.5 cm³/mol. The molecule has 1 aromatic heterocycles. The molecule has 0 bridgehead atoms. The fraction of sp³-hybridized carbons (Fsp3) is 0.643. The van der Waals surface area contributed by atoms with Gasteiger partial charge in [0.1, 0.15) is 0 Å². The van der Waals surface area contributed by atoms with Crippen molar-refractivity contribution in [2.24, 2.45) is 0 Å². The minimum atomic E-state index is 0.186. The van der Waals surface area contributed by atoms with Crippen LogP contribution in [0.3, 0.4) is 0 Å². The molecule has 1 aromatic rings. The van der Waals surface area contributed by atoms with Crippen LogP contribution in [-0.2, 0) is 0 Å². The van der Waals surface area contributed by atoms with Crippen molar-refractivity contribution in [3.05, 3.63) is 18.3 Å². The molecule has 3 heteroatoms. The Balaban J connectivity index is 2.03. The topological polar surface area (TPSA) is 34.1 Å². The van der Waals surface area contributed by atoms with Crippen molar-refractivity contribution in [2.75, 3.05) is 5.32 Å². The van der Waals surface area contributed by atoms with E-state index in [0.717, 1.165) is 11.6 Å². The van der Waals surface area contributed by atoms with Crippen molar-refractivity contribution in [3.8, 4) is 5.75 Å². The zero-order valence-electron chi connectivity index (χ0n) is 10.8. The highest BCUT2D eigenvalue weighted by Gasteiger charge is 2.15. The van der Waals surface area contributed by atoms with Crippen LogP contribution in [-0.4, -0.2) is 17.1 Å². The highest BCUT2D eigenvalue weighted by Crippen LogP contribution is 2.26. The predicted octanol–water partition coefficient (Wildman–Crippen LogP) is 3.61. The molecule has 0 amide bonds. The maximum absolute atomic E-state index is 5.76. The minimum absolute atomic E-state index is 0.186. The largest absolute Gasteiger partial charge is 0.487 e. The molecule has 0 radical (unpaired) electrons. The van der Waals surface area contributed by atoms with Crippen molar-refractivity contribution >= 4 is 5.82 Å². The molecule has 0 atom stereocenters.